The SMILES string of the molecule is ClCc1nccn1[C@H]1CCCO1. The maximum Gasteiger partial charge on any atom is 0.135 e. The molecule has 1 fully saturated rings. The van der Waals surface area contributed by atoms with E-state index in [4.69, 9.17) is 16.3 Å². The van der Waals surface area contributed by atoms with Crippen molar-refractivity contribution in [2.75, 3.05) is 6.61 Å². The largest absolute Gasteiger partial charge is 0.358 e. The molecule has 1 atom stereocenters. The molecule has 12 heavy (non-hydrogen) atoms. The summed E-state index contributed by atoms with van der Waals surface area (Å²) >= 11 is 5.71. The van der Waals surface area contributed by atoms with Gasteiger partial charge in [0.2, 0.25) is 0 Å². The highest BCUT2D eigenvalue weighted by atomic mass is 35.5. The molecule has 0 unspecified atom stereocenters. The van der Waals surface area contributed by atoms with Crippen molar-refractivity contribution in [1.29, 1.82) is 0 Å². The Morgan fingerprint density at radius 3 is 3.33 bits per heavy atom. The molecule has 0 aliphatic carbocycles. The van der Waals surface area contributed by atoms with Gasteiger partial charge in [-0.05, 0) is 12.8 Å². The van der Waals surface area contributed by atoms with Crippen molar-refractivity contribution in [2.24, 2.45) is 0 Å². The smallest absolute Gasteiger partial charge is 0.135 e. The minimum absolute atomic E-state index is 0.168. The first-order chi connectivity index (χ1) is 5.92. The Bertz CT molecular complexity index is 255. The molecule has 0 spiro atoms. The Balaban J connectivity index is 2.19. The lowest BCUT2D eigenvalue weighted by Gasteiger charge is -2.12. The van der Waals surface area contributed by atoms with Gasteiger partial charge >= 0.3 is 0 Å². The molecule has 0 saturated carbocycles. The van der Waals surface area contributed by atoms with Gasteiger partial charge < -0.3 is 9.30 Å². The van der Waals surface area contributed by atoms with Crippen LogP contribution >= 0.6 is 11.6 Å². The minimum Gasteiger partial charge on any atom is -0.358 e. The first kappa shape index (κ1) is 8.08. The lowest BCUT2D eigenvalue weighted by atomic mass is 10.3. The van der Waals surface area contributed by atoms with Crippen LogP contribution in [0.5, 0.6) is 0 Å². The van der Waals surface area contributed by atoms with Gasteiger partial charge in [-0.25, -0.2) is 4.98 Å². The van der Waals surface area contributed by atoms with Gasteiger partial charge in [0.1, 0.15) is 12.1 Å². The highest BCUT2D eigenvalue weighted by Gasteiger charge is 2.18. The third-order valence-electron chi connectivity index (χ3n) is 2.08. The summed E-state index contributed by atoms with van der Waals surface area (Å²) in [5.41, 5.74) is 0. The number of rotatable bonds is 2. The molecule has 0 bridgehead atoms. The maximum atomic E-state index is 5.71. The summed E-state index contributed by atoms with van der Waals surface area (Å²) in [4.78, 5) is 4.13. The van der Waals surface area contributed by atoms with Crippen molar-refractivity contribution in [3.63, 3.8) is 0 Å². The molecule has 4 heteroatoms. The third-order valence-corrected chi connectivity index (χ3v) is 2.32. The van der Waals surface area contributed by atoms with Crippen LogP contribution in [-0.4, -0.2) is 16.2 Å². The lowest BCUT2D eigenvalue weighted by molar-refractivity contribution is 0.0548. The van der Waals surface area contributed by atoms with E-state index in [2.05, 4.69) is 4.98 Å². The third kappa shape index (κ3) is 1.34. The van der Waals surface area contributed by atoms with Crippen molar-refractivity contribution in [3.8, 4) is 0 Å². The average Bonchev–Trinajstić information content (AvgIpc) is 2.74. The molecular formula is C8H11ClN2O. The summed E-state index contributed by atoms with van der Waals surface area (Å²) in [5.74, 6) is 1.34. The van der Waals surface area contributed by atoms with Gasteiger partial charge in [-0.1, -0.05) is 0 Å². The molecule has 0 N–H and O–H groups in total. The van der Waals surface area contributed by atoms with E-state index in [0.717, 1.165) is 25.3 Å². The highest BCUT2D eigenvalue weighted by Crippen LogP contribution is 2.24. The predicted molar refractivity (Wildman–Crippen MR) is 46.0 cm³/mol. The number of hydrogen-bond donors (Lipinski definition) is 0. The Hall–Kier alpha value is -0.540. The second-order valence-electron chi connectivity index (χ2n) is 2.85. The van der Waals surface area contributed by atoms with E-state index in [1.165, 1.54) is 0 Å². The second-order valence-corrected chi connectivity index (χ2v) is 3.12. The Kier molecular flexibility index (Phi) is 2.33. The number of aromatic nitrogens is 2. The molecule has 66 valence electrons. The molecule has 0 radical (unpaired) electrons. The quantitative estimate of drug-likeness (QED) is 0.660. The molecule has 0 aromatic carbocycles. The number of hydrogen-bond acceptors (Lipinski definition) is 2. The van der Waals surface area contributed by atoms with Gasteiger partial charge in [-0.3, -0.25) is 0 Å². The Labute approximate surface area is 76.3 Å². The van der Waals surface area contributed by atoms with Crippen LogP contribution < -0.4 is 0 Å². The van der Waals surface area contributed by atoms with Crippen LogP contribution in [0, 0.1) is 0 Å². The van der Waals surface area contributed by atoms with Crippen LogP contribution in [-0.2, 0) is 10.6 Å². The highest BCUT2D eigenvalue weighted by molar-refractivity contribution is 6.16. The molecule has 1 aliphatic rings. The predicted octanol–water partition coefficient (Wildman–Crippen LogP) is 1.93. The van der Waals surface area contributed by atoms with Crippen LogP contribution in [0.25, 0.3) is 0 Å². The summed E-state index contributed by atoms with van der Waals surface area (Å²) in [5, 5.41) is 0. The van der Waals surface area contributed by atoms with Gasteiger partial charge in [-0.15, -0.1) is 11.6 Å². The van der Waals surface area contributed by atoms with Gasteiger partial charge in [0, 0.05) is 19.0 Å². The van der Waals surface area contributed by atoms with Crippen LogP contribution in [0.2, 0.25) is 0 Å². The summed E-state index contributed by atoms with van der Waals surface area (Å²) < 4.78 is 7.52. The van der Waals surface area contributed by atoms with E-state index < -0.39 is 0 Å². The fourth-order valence-corrected chi connectivity index (χ4v) is 1.70. The van der Waals surface area contributed by atoms with Crippen molar-refractivity contribution < 1.29 is 4.74 Å². The minimum atomic E-state index is 0.168. The summed E-state index contributed by atoms with van der Waals surface area (Å²) in [6, 6.07) is 0. The Morgan fingerprint density at radius 2 is 2.67 bits per heavy atom. The normalized spacial score (nSPS) is 23.2. The molecule has 0 amide bonds. The van der Waals surface area contributed by atoms with Crippen molar-refractivity contribution in [3.05, 3.63) is 18.2 Å². The second kappa shape index (κ2) is 3.46. The molecule has 1 aliphatic heterocycles. The van der Waals surface area contributed by atoms with Gasteiger partial charge in [-0.2, -0.15) is 0 Å². The topological polar surface area (TPSA) is 27.1 Å². The average molecular weight is 187 g/mol. The van der Waals surface area contributed by atoms with E-state index >= 15 is 0 Å². The van der Waals surface area contributed by atoms with E-state index in [-0.39, 0.29) is 6.23 Å². The molecule has 2 heterocycles. The molecule has 3 nitrogen and oxygen atoms in total. The zero-order valence-electron chi connectivity index (χ0n) is 6.74. The molecule has 1 saturated heterocycles. The number of halogens is 1. The van der Waals surface area contributed by atoms with Crippen molar-refractivity contribution in [2.45, 2.75) is 24.9 Å². The first-order valence-corrected chi connectivity index (χ1v) is 4.64. The molecule has 1 aromatic rings. The summed E-state index contributed by atoms with van der Waals surface area (Å²) in [6.07, 6.45) is 6.05. The van der Waals surface area contributed by atoms with Gasteiger partial charge in [0.05, 0.1) is 5.88 Å². The summed E-state index contributed by atoms with van der Waals surface area (Å²) in [7, 11) is 0. The molecular weight excluding hydrogens is 176 g/mol. The molecule has 1 aromatic heterocycles. The van der Waals surface area contributed by atoms with Gasteiger partial charge in [0.25, 0.3) is 0 Å². The van der Waals surface area contributed by atoms with Crippen molar-refractivity contribution >= 4 is 11.6 Å². The lowest BCUT2D eigenvalue weighted by Crippen LogP contribution is -2.08. The van der Waals surface area contributed by atoms with E-state index in [1.807, 2.05) is 10.8 Å². The number of imidazole rings is 1. The first-order valence-electron chi connectivity index (χ1n) is 4.11. The Morgan fingerprint density at radius 1 is 1.75 bits per heavy atom. The molecule has 2 rings (SSSR count). The van der Waals surface area contributed by atoms with E-state index in [0.29, 0.717) is 5.88 Å². The monoisotopic (exact) mass is 186 g/mol. The fraction of sp³-hybridized carbons (Fsp3) is 0.625. The zero-order valence-corrected chi connectivity index (χ0v) is 7.50. The van der Waals surface area contributed by atoms with Crippen molar-refractivity contribution in [1.82, 2.24) is 9.55 Å². The fourth-order valence-electron chi connectivity index (χ4n) is 1.49. The van der Waals surface area contributed by atoms with Crippen LogP contribution in [0.4, 0.5) is 0 Å². The van der Waals surface area contributed by atoms with Crippen LogP contribution in [0.15, 0.2) is 12.4 Å². The van der Waals surface area contributed by atoms with Crippen LogP contribution in [0.3, 0.4) is 0 Å². The maximum absolute atomic E-state index is 5.71. The van der Waals surface area contributed by atoms with E-state index in [1.54, 1.807) is 6.20 Å². The van der Waals surface area contributed by atoms with Gasteiger partial charge in [0.15, 0.2) is 0 Å². The standard InChI is InChI=1S/C8H11ClN2O/c9-6-7-10-3-4-11(7)8-2-1-5-12-8/h3-4,8H,1-2,5-6H2/t8-/m1/s1. The number of alkyl halides is 1. The van der Waals surface area contributed by atoms with Crippen LogP contribution in [0.1, 0.15) is 24.9 Å². The summed E-state index contributed by atoms with van der Waals surface area (Å²) in [6.45, 7) is 0.852. The number of ether oxygens (including phenoxy) is 1. The zero-order chi connectivity index (χ0) is 8.39. The number of nitrogens with zero attached hydrogens (tertiary/aromatic N) is 2. The van der Waals surface area contributed by atoms with E-state index in [9.17, 15) is 0 Å².